The first-order chi connectivity index (χ1) is 23.9. The number of urea groups is 1. The number of imide groups is 1. The molecule has 3 aliphatic heterocycles. The van der Waals surface area contributed by atoms with Crippen LogP contribution in [0.3, 0.4) is 0 Å². The van der Waals surface area contributed by atoms with E-state index >= 15 is 0 Å². The SMILES string of the molecule is COc1cc(-c2cn(C)c(=O)c3c2CCN(C(=O)NCC(F)F)C3)cc(OC)c1CN(C)c1ccc2c(c1)C(=O)N(C1CCC(=O)NC1=O)C2. The number of alkyl halides is 2. The lowest BCUT2D eigenvalue weighted by Crippen LogP contribution is -2.52. The number of carbonyl (C=O) groups is 4. The Balaban J connectivity index is 1.26. The van der Waals surface area contributed by atoms with Crippen LogP contribution in [0.2, 0.25) is 0 Å². The number of pyridine rings is 1. The first kappa shape index (κ1) is 34.4. The highest BCUT2D eigenvalue weighted by Crippen LogP contribution is 2.39. The Morgan fingerprint density at radius 1 is 1.02 bits per heavy atom. The van der Waals surface area contributed by atoms with Crippen LogP contribution >= 0.6 is 0 Å². The molecule has 0 saturated carbocycles. The Bertz CT molecular complexity index is 1920. The Hall–Kier alpha value is -5.47. The fraction of sp³-hybridized carbons (Fsp3) is 0.400. The predicted octanol–water partition coefficient (Wildman–Crippen LogP) is 2.80. The fourth-order valence-electron chi connectivity index (χ4n) is 6.90. The van der Waals surface area contributed by atoms with Gasteiger partial charge in [-0.25, -0.2) is 13.6 Å². The third-order valence-electron chi connectivity index (χ3n) is 9.53. The third kappa shape index (κ3) is 6.46. The number of nitrogens with one attached hydrogen (secondary N) is 2. The van der Waals surface area contributed by atoms with Gasteiger partial charge in [-0.2, -0.15) is 0 Å². The molecular formula is C35H38F2N6O7. The third-order valence-corrected chi connectivity index (χ3v) is 9.53. The first-order valence-corrected chi connectivity index (χ1v) is 16.2. The van der Waals surface area contributed by atoms with Crippen molar-refractivity contribution < 1.29 is 37.4 Å². The normalized spacial score (nSPS) is 17.0. The Labute approximate surface area is 286 Å². The highest BCUT2D eigenvalue weighted by Gasteiger charge is 2.39. The number of aromatic nitrogens is 1. The zero-order chi connectivity index (χ0) is 35.9. The molecule has 2 N–H and O–H groups in total. The van der Waals surface area contributed by atoms with Crippen molar-refractivity contribution in [1.82, 2.24) is 25.0 Å². The van der Waals surface area contributed by atoms with Crippen molar-refractivity contribution in [3.8, 4) is 22.6 Å². The number of aryl methyl sites for hydroxylation is 1. The summed E-state index contributed by atoms with van der Waals surface area (Å²) in [4.78, 5) is 68.0. The summed E-state index contributed by atoms with van der Waals surface area (Å²) in [5.41, 5.74) is 5.16. The molecule has 1 aromatic heterocycles. The number of piperidine rings is 1. The number of carbonyl (C=O) groups excluding carboxylic acids is 4. The van der Waals surface area contributed by atoms with Crippen LogP contribution in [-0.2, 0) is 42.7 Å². The zero-order valence-electron chi connectivity index (χ0n) is 28.2. The first-order valence-electron chi connectivity index (χ1n) is 16.2. The summed E-state index contributed by atoms with van der Waals surface area (Å²) in [7, 11) is 6.58. The van der Waals surface area contributed by atoms with Crippen molar-refractivity contribution in [3.63, 3.8) is 0 Å². The molecule has 15 heteroatoms. The number of hydrogen-bond donors (Lipinski definition) is 2. The van der Waals surface area contributed by atoms with Gasteiger partial charge in [0.2, 0.25) is 11.8 Å². The number of ether oxygens (including phenoxy) is 2. The molecule has 0 aliphatic carbocycles. The lowest BCUT2D eigenvalue weighted by molar-refractivity contribution is -0.136. The average molecular weight is 693 g/mol. The zero-order valence-corrected chi connectivity index (χ0v) is 28.2. The van der Waals surface area contributed by atoms with E-state index in [0.29, 0.717) is 35.6 Å². The van der Waals surface area contributed by atoms with Gasteiger partial charge in [0.15, 0.2) is 0 Å². The highest BCUT2D eigenvalue weighted by molar-refractivity contribution is 6.05. The molecule has 1 atom stereocenters. The molecule has 5 amide bonds. The van der Waals surface area contributed by atoms with E-state index in [1.165, 1.54) is 14.4 Å². The van der Waals surface area contributed by atoms with E-state index in [2.05, 4.69) is 10.6 Å². The van der Waals surface area contributed by atoms with E-state index in [-0.39, 0.29) is 49.8 Å². The maximum absolute atomic E-state index is 13.4. The summed E-state index contributed by atoms with van der Waals surface area (Å²) in [6, 6.07) is 7.94. The molecule has 4 heterocycles. The van der Waals surface area contributed by atoms with Crippen LogP contribution in [0.5, 0.6) is 11.5 Å². The molecule has 0 spiro atoms. The summed E-state index contributed by atoms with van der Waals surface area (Å²) < 4.78 is 38.5. The molecule has 3 aromatic rings. The van der Waals surface area contributed by atoms with Gasteiger partial charge in [-0.3, -0.25) is 24.5 Å². The van der Waals surface area contributed by atoms with Crippen LogP contribution < -0.4 is 30.6 Å². The topological polar surface area (TPSA) is 143 Å². The van der Waals surface area contributed by atoms with E-state index in [4.69, 9.17) is 9.47 Å². The second-order valence-electron chi connectivity index (χ2n) is 12.6. The molecule has 0 radical (unpaired) electrons. The minimum absolute atomic E-state index is 0.0172. The van der Waals surface area contributed by atoms with Crippen molar-refractivity contribution in [2.24, 2.45) is 7.05 Å². The fourth-order valence-corrected chi connectivity index (χ4v) is 6.90. The van der Waals surface area contributed by atoms with Crippen LogP contribution in [0.4, 0.5) is 19.3 Å². The molecular weight excluding hydrogens is 654 g/mol. The predicted molar refractivity (Wildman–Crippen MR) is 178 cm³/mol. The number of benzene rings is 2. The minimum atomic E-state index is -2.68. The molecule has 264 valence electrons. The summed E-state index contributed by atoms with van der Waals surface area (Å²) in [5.74, 6) is -0.00645. The van der Waals surface area contributed by atoms with Gasteiger partial charge in [0.05, 0.1) is 32.9 Å². The molecule has 3 aliphatic rings. The molecule has 1 saturated heterocycles. The van der Waals surface area contributed by atoms with Crippen LogP contribution in [0.15, 0.2) is 41.3 Å². The molecule has 50 heavy (non-hydrogen) atoms. The number of methoxy groups -OCH3 is 2. The summed E-state index contributed by atoms with van der Waals surface area (Å²) in [6.45, 7) is 0.0799. The van der Waals surface area contributed by atoms with Gasteiger partial charge >= 0.3 is 6.03 Å². The maximum Gasteiger partial charge on any atom is 0.317 e. The van der Waals surface area contributed by atoms with Crippen molar-refractivity contribution in [2.75, 3.05) is 39.3 Å². The number of amides is 5. The van der Waals surface area contributed by atoms with Crippen LogP contribution in [-0.4, -0.2) is 84.9 Å². The number of nitrogens with zero attached hydrogens (tertiary/aromatic N) is 4. The maximum atomic E-state index is 13.4. The Kier molecular flexibility index (Phi) is 9.49. The van der Waals surface area contributed by atoms with Gasteiger partial charge in [-0.1, -0.05) is 6.07 Å². The van der Waals surface area contributed by atoms with Crippen molar-refractivity contribution in [3.05, 3.63) is 74.7 Å². The molecule has 2 aromatic carbocycles. The van der Waals surface area contributed by atoms with Gasteiger partial charge in [0, 0.05) is 68.7 Å². The smallest absolute Gasteiger partial charge is 0.317 e. The summed E-state index contributed by atoms with van der Waals surface area (Å²) in [6.07, 6.45) is -0.142. The molecule has 1 fully saturated rings. The monoisotopic (exact) mass is 692 g/mol. The van der Waals surface area contributed by atoms with E-state index < -0.39 is 31.0 Å². The van der Waals surface area contributed by atoms with E-state index in [1.54, 1.807) is 33.5 Å². The molecule has 6 rings (SSSR count). The second kappa shape index (κ2) is 13.8. The quantitative estimate of drug-likeness (QED) is 0.326. The molecule has 0 bridgehead atoms. The molecule has 13 nitrogen and oxygen atoms in total. The minimum Gasteiger partial charge on any atom is -0.496 e. The van der Waals surface area contributed by atoms with Gasteiger partial charge in [0.1, 0.15) is 17.5 Å². The van der Waals surface area contributed by atoms with Crippen molar-refractivity contribution in [1.29, 1.82) is 0 Å². The number of fused-ring (bicyclic) bond motifs is 2. The second-order valence-corrected chi connectivity index (χ2v) is 12.6. The number of anilines is 1. The van der Waals surface area contributed by atoms with Gasteiger partial charge < -0.3 is 34.1 Å². The lowest BCUT2D eigenvalue weighted by atomic mass is 9.91. The highest BCUT2D eigenvalue weighted by atomic mass is 19.3. The average Bonchev–Trinajstić information content (AvgIpc) is 3.43. The van der Waals surface area contributed by atoms with E-state index in [9.17, 15) is 32.8 Å². The lowest BCUT2D eigenvalue weighted by Gasteiger charge is -2.30. The van der Waals surface area contributed by atoms with Gasteiger partial charge in [-0.05, 0) is 53.8 Å². The van der Waals surface area contributed by atoms with Crippen molar-refractivity contribution >= 4 is 29.4 Å². The summed E-state index contributed by atoms with van der Waals surface area (Å²) in [5, 5.41) is 4.53. The number of hydrogen-bond acceptors (Lipinski definition) is 8. The van der Waals surface area contributed by atoms with Crippen molar-refractivity contribution in [2.45, 2.75) is 51.4 Å². The van der Waals surface area contributed by atoms with E-state index in [0.717, 1.165) is 33.5 Å². The Morgan fingerprint density at radius 2 is 1.74 bits per heavy atom. The van der Waals surface area contributed by atoms with Gasteiger partial charge in [-0.15, -0.1) is 0 Å². The van der Waals surface area contributed by atoms with Crippen LogP contribution in [0, 0.1) is 0 Å². The largest absolute Gasteiger partial charge is 0.496 e. The van der Waals surface area contributed by atoms with E-state index in [1.807, 2.05) is 36.2 Å². The Morgan fingerprint density at radius 3 is 2.40 bits per heavy atom. The van der Waals surface area contributed by atoms with Gasteiger partial charge in [0.25, 0.3) is 17.9 Å². The number of halogens is 2. The van der Waals surface area contributed by atoms with Crippen LogP contribution in [0.25, 0.3) is 11.1 Å². The standard InChI is InChI=1S/C35H38F2N6O7/c1-40(21-6-5-19-15-43(34(47)23(19)13-21)27-7-8-31(44)39-32(27)45)17-26-28(49-3)11-20(12-29(26)50-4)24-16-41(2)33(46)25-18-42(10-9-22(24)25)35(48)38-14-30(36)37/h5-6,11-13,16,27,30H,7-10,14-15,17-18H2,1-4H3,(H,38,48)(H,39,44,45). The number of rotatable bonds is 9. The van der Waals surface area contributed by atoms with Crippen LogP contribution in [0.1, 0.15) is 45.5 Å². The molecule has 1 unspecified atom stereocenters. The summed E-state index contributed by atoms with van der Waals surface area (Å²) >= 11 is 0.